The highest BCUT2D eigenvalue weighted by molar-refractivity contribution is 7.13. The van der Waals surface area contributed by atoms with Crippen molar-refractivity contribution in [2.45, 2.75) is 13.3 Å². The molecule has 0 saturated carbocycles. The monoisotopic (exact) mass is 236 g/mol. The number of aromatic nitrogens is 1. The van der Waals surface area contributed by atoms with Gasteiger partial charge >= 0.3 is 0 Å². The highest BCUT2D eigenvalue weighted by Crippen LogP contribution is 2.26. The summed E-state index contributed by atoms with van der Waals surface area (Å²) in [7, 11) is 0. The molecule has 1 aromatic carbocycles. The number of hydrogen-bond acceptors (Lipinski definition) is 3. The summed E-state index contributed by atoms with van der Waals surface area (Å²) in [5.41, 5.74) is 7.87. The molecular formula is C12H13FN2S. The summed E-state index contributed by atoms with van der Waals surface area (Å²) in [5, 5.41) is 2.66. The quantitative estimate of drug-likeness (QED) is 0.890. The molecule has 0 atom stereocenters. The first-order chi connectivity index (χ1) is 7.70. The zero-order valence-electron chi connectivity index (χ0n) is 9.03. The first kappa shape index (κ1) is 11.2. The molecule has 0 spiro atoms. The Balaban J connectivity index is 2.35. The summed E-state index contributed by atoms with van der Waals surface area (Å²) >= 11 is 1.46. The zero-order chi connectivity index (χ0) is 11.5. The van der Waals surface area contributed by atoms with Crippen LogP contribution in [0, 0.1) is 12.7 Å². The minimum Gasteiger partial charge on any atom is -0.330 e. The van der Waals surface area contributed by atoms with E-state index in [-0.39, 0.29) is 5.82 Å². The average molecular weight is 236 g/mol. The maximum atomic E-state index is 13.7. The van der Waals surface area contributed by atoms with Crippen molar-refractivity contribution in [3.05, 3.63) is 40.7 Å². The first-order valence-electron chi connectivity index (χ1n) is 5.11. The van der Waals surface area contributed by atoms with E-state index in [0.29, 0.717) is 12.1 Å². The van der Waals surface area contributed by atoms with Crippen molar-refractivity contribution in [1.82, 2.24) is 4.98 Å². The molecule has 16 heavy (non-hydrogen) atoms. The topological polar surface area (TPSA) is 38.9 Å². The van der Waals surface area contributed by atoms with Gasteiger partial charge in [-0.2, -0.15) is 0 Å². The van der Waals surface area contributed by atoms with Gasteiger partial charge in [0.1, 0.15) is 10.8 Å². The molecule has 0 aliphatic carbocycles. The average Bonchev–Trinajstić information content (AvgIpc) is 2.67. The predicted octanol–water partition coefficient (Wildman–Crippen LogP) is 2.76. The molecule has 1 aromatic heterocycles. The summed E-state index contributed by atoms with van der Waals surface area (Å²) < 4.78 is 13.7. The van der Waals surface area contributed by atoms with Crippen molar-refractivity contribution < 1.29 is 4.39 Å². The van der Waals surface area contributed by atoms with Gasteiger partial charge in [0.05, 0.1) is 5.69 Å². The number of nitrogens with zero attached hydrogens (tertiary/aromatic N) is 1. The van der Waals surface area contributed by atoms with Crippen LogP contribution >= 0.6 is 11.3 Å². The number of nitrogens with two attached hydrogens (primary N) is 1. The molecule has 2 nitrogen and oxygen atoms in total. The number of aryl methyl sites for hydroxylation is 1. The van der Waals surface area contributed by atoms with Gasteiger partial charge in [-0.05, 0) is 31.2 Å². The molecule has 4 heteroatoms. The fraction of sp³-hybridized carbons (Fsp3) is 0.250. The zero-order valence-corrected chi connectivity index (χ0v) is 9.85. The molecule has 0 saturated heterocycles. The molecule has 0 unspecified atom stereocenters. The number of thiazole rings is 1. The van der Waals surface area contributed by atoms with E-state index >= 15 is 0 Å². The van der Waals surface area contributed by atoms with Crippen LogP contribution in [0.1, 0.15) is 11.3 Å². The molecule has 0 aliphatic heterocycles. The SMILES string of the molecule is Cc1ccc(-c2nc(CCN)cs2)c(F)c1. The maximum absolute atomic E-state index is 13.7. The Kier molecular flexibility index (Phi) is 3.31. The van der Waals surface area contributed by atoms with Crippen molar-refractivity contribution in [2.75, 3.05) is 6.54 Å². The van der Waals surface area contributed by atoms with Crippen molar-refractivity contribution >= 4 is 11.3 Å². The van der Waals surface area contributed by atoms with E-state index < -0.39 is 0 Å². The van der Waals surface area contributed by atoms with Crippen LogP contribution in [0.25, 0.3) is 10.6 Å². The van der Waals surface area contributed by atoms with Gasteiger partial charge in [-0.25, -0.2) is 9.37 Å². The third kappa shape index (κ3) is 2.28. The Morgan fingerprint density at radius 2 is 2.25 bits per heavy atom. The van der Waals surface area contributed by atoms with Crippen LogP contribution in [0.4, 0.5) is 4.39 Å². The Morgan fingerprint density at radius 1 is 1.44 bits per heavy atom. The third-order valence-corrected chi connectivity index (χ3v) is 3.23. The molecule has 0 aliphatic rings. The second kappa shape index (κ2) is 4.72. The summed E-state index contributed by atoms with van der Waals surface area (Å²) in [5.74, 6) is -0.214. The molecule has 2 N–H and O–H groups in total. The van der Waals surface area contributed by atoms with Crippen molar-refractivity contribution in [3.63, 3.8) is 0 Å². The lowest BCUT2D eigenvalue weighted by Gasteiger charge is -1.99. The van der Waals surface area contributed by atoms with Gasteiger partial charge in [0.25, 0.3) is 0 Å². The Labute approximate surface area is 97.9 Å². The van der Waals surface area contributed by atoms with Gasteiger partial charge in [-0.1, -0.05) is 6.07 Å². The largest absolute Gasteiger partial charge is 0.330 e. The normalized spacial score (nSPS) is 10.7. The minimum absolute atomic E-state index is 0.214. The molecule has 84 valence electrons. The fourth-order valence-corrected chi connectivity index (χ4v) is 2.37. The van der Waals surface area contributed by atoms with E-state index in [1.54, 1.807) is 6.07 Å². The lowest BCUT2D eigenvalue weighted by molar-refractivity contribution is 0.630. The Hall–Kier alpha value is -1.26. The maximum Gasteiger partial charge on any atom is 0.133 e. The van der Waals surface area contributed by atoms with Gasteiger partial charge in [-0.3, -0.25) is 0 Å². The molecule has 2 rings (SSSR count). The number of benzene rings is 1. The van der Waals surface area contributed by atoms with E-state index in [2.05, 4.69) is 4.98 Å². The van der Waals surface area contributed by atoms with Crippen molar-refractivity contribution in [2.24, 2.45) is 5.73 Å². The Morgan fingerprint density at radius 3 is 2.94 bits per heavy atom. The van der Waals surface area contributed by atoms with E-state index in [0.717, 1.165) is 22.7 Å². The fourth-order valence-electron chi connectivity index (χ4n) is 1.49. The molecule has 1 heterocycles. The van der Waals surface area contributed by atoms with Crippen molar-refractivity contribution in [1.29, 1.82) is 0 Å². The summed E-state index contributed by atoms with van der Waals surface area (Å²) in [4.78, 5) is 4.36. The van der Waals surface area contributed by atoms with Crippen molar-refractivity contribution in [3.8, 4) is 10.6 Å². The minimum atomic E-state index is -0.214. The number of hydrogen-bond donors (Lipinski definition) is 1. The van der Waals surface area contributed by atoms with Crippen LogP contribution in [0.3, 0.4) is 0 Å². The summed E-state index contributed by atoms with van der Waals surface area (Å²) in [6, 6.07) is 5.19. The Bertz CT molecular complexity index is 494. The lowest BCUT2D eigenvalue weighted by Crippen LogP contribution is -2.02. The summed E-state index contributed by atoms with van der Waals surface area (Å²) in [6.45, 7) is 2.44. The van der Waals surface area contributed by atoms with Crippen LogP contribution in [-0.4, -0.2) is 11.5 Å². The first-order valence-corrected chi connectivity index (χ1v) is 5.99. The number of halogens is 1. The van der Waals surface area contributed by atoms with Gasteiger partial charge in [0.15, 0.2) is 0 Å². The smallest absolute Gasteiger partial charge is 0.133 e. The molecule has 2 aromatic rings. The highest BCUT2D eigenvalue weighted by Gasteiger charge is 2.09. The number of rotatable bonds is 3. The standard InChI is InChI=1S/C12H13FN2S/c1-8-2-3-10(11(13)6-8)12-15-9(4-5-14)7-16-12/h2-3,6-7H,4-5,14H2,1H3. The summed E-state index contributed by atoms with van der Waals surface area (Å²) in [6.07, 6.45) is 0.740. The second-order valence-electron chi connectivity index (χ2n) is 3.67. The van der Waals surface area contributed by atoms with Gasteiger partial charge in [-0.15, -0.1) is 11.3 Å². The van der Waals surface area contributed by atoms with E-state index in [9.17, 15) is 4.39 Å². The van der Waals surface area contributed by atoms with Crippen LogP contribution in [-0.2, 0) is 6.42 Å². The van der Waals surface area contributed by atoms with Crippen LogP contribution in [0.5, 0.6) is 0 Å². The molecular weight excluding hydrogens is 223 g/mol. The third-order valence-electron chi connectivity index (χ3n) is 2.31. The second-order valence-corrected chi connectivity index (χ2v) is 4.52. The molecule has 0 amide bonds. The molecule has 0 radical (unpaired) electrons. The molecule has 0 fully saturated rings. The van der Waals surface area contributed by atoms with Crippen LogP contribution in [0.15, 0.2) is 23.6 Å². The molecule has 0 bridgehead atoms. The van der Waals surface area contributed by atoms with Crippen LogP contribution in [0.2, 0.25) is 0 Å². The van der Waals surface area contributed by atoms with Gasteiger partial charge in [0, 0.05) is 17.4 Å². The van der Waals surface area contributed by atoms with Gasteiger partial charge in [0.2, 0.25) is 0 Å². The van der Waals surface area contributed by atoms with Crippen LogP contribution < -0.4 is 5.73 Å². The van der Waals surface area contributed by atoms with E-state index in [1.807, 2.05) is 18.4 Å². The highest BCUT2D eigenvalue weighted by atomic mass is 32.1. The van der Waals surface area contributed by atoms with Gasteiger partial charge < -0.3 is 5.73 Å². The van der Waals surface area contributed by atoms with E-state index in [4.69, 9.17) is 5.73 Å². The predicted molar refractivity (Wildman–Crippen MR) is 65.0 cm³/mol. The van der Waals surface area contributed by atoms with E-state index in [1.165, 1.54) is 17.4 Å². The lowest BCUT2D eigenvalue weighted by atomic mass is 10.1.